The van der Waals surface area contributed by atoms with Crippen molar-refractivity contribution >= 4 is 46.1 Å². The summed E-state index contributed by atoms with van der Waals surface area (Å²) in [5, 5.41) is 31.0. The minimum absolute atomic E-state index is 0.101. The van der Waals surface area contributed by atoms with Crippen LogP contribution in [0.5, 0.6) is 11.5 Å². The van der Waals surface area contributed by atoms with Crippen molar-refractivity contribution in [3.05, 3.63) is 92.0 Å². The molecule has 5 N–H and O–H groups in total. The summed E-state index contributed by atoms with van der Waals surface area (Å²) >= 11 is 2.43. The number of ether oxygens (including phenoxy) is 1. The molecule has 0 fully saturated rings. The number of nitrogens with zero attached hydrogens (tertiary/aromatic N) is 1. The third kappa shape index (κ3) is 6.51. The molecule has 2 aromatic carbocycles. The van der Waals surface area contributed by atoms with Gasteiger partial charge in [-0.15, -0.1) is 22.7 Å². The van der Waals surface area contributed by atoms with Crippen LogP contribution >= 0.6 is 22.7 Å². The third-order valence-electron chi connectivity index (χ3n) is 6.55. The highest BCUT2D eigenvalue weighted by molar-refractivity contribution is 7.16. The lowest BCUT2D eigenvalue weighted by Gasteiger charge is -2.06. The second kappa shape index (κ2) is 13.0. The maximum Gasteiger partial charge on any atom is 0.281 e. The van der Waals surface area contributed by atoms with Gasteiger partial charge in [-0.1, -0.05) is 12.1 Å². The van der Waals surface area contributed by atoms with Gasteiger partial charge in [-0.2, -0.15) is 5.10 Å². The van der Waals surface area contributed by atoms with Crippen LogP contribution in [0.3, 0.4) is 0 Å². The smallest absolute Gasteiger partial charge is 0.281 e. The topological polar surface area (TPSA) is 149 Å². The predicted molar refractivity (Wildman–Crippen MR) is 162 cm³/mol. The summed E-state index contributed by atoms with van der Waals surface area (Å²) in [5.74, 6) is -0.118. The van der Waals surface area contributed by atoms with E-state index in [0.29, 0.717) is 38.1 Å². The van der Waals surface area contributed by atoms with Crippen LogP contribution in [0.25, 0.3) is 10.4 Å². The number of carbonyl (C=O) groups excluding carboxylic acids is 3. The van der Waals surface area contributed by atoms with Crippen molar-refractivity contribution in [3.63, 3.8) is 0 Å². The van der Waals surface area contributed by atoms with E-state index in [1.54, 1.807) is 48.7 Å². The van der Waals surface area contributed by atoms with Crippen LogP contribution in [0.4, 0.5) is 0 Å². The SMILES string of the molecule is C/C(=N\NC(=O)c1ccc(C(=O)NCc2ccc(C(=O)NCCO)cc2)s1)c1csc(-c2ccc3c(c2)CCO3)c1O. The summed E-state index contributed by atoms with van der Waals surface area (Å²) < 4.78 is 5.56. The molecular weight excluding hydrogens is 576 g/mol. The molecule has 0 aliphatic carbocycles. The van der Waals surface area contributed by atoms with Gasteiger partial charge in [-0.3, -0.25) is 14.4 Å². The molecule has 5 rings (SSSR count). The quantitative estimate of drug-likeness (QED) is 0.137. The van der Waals surface area contributed by atoms with E-state index in [9.17, 15) is 19.5 Å². The zero-order chi connectivity index (χ0) is 29.6. The molecule has 0 saturated carbocycles. The monoisotopic (exact) mass is 604 g/mol. The van der Waals surface area contributed by atoms with Crippen LogP contribution < -0.4 is 20.8 Å². The molecule has 4 aromatic rings. The third-order valence-corrected chi connectivity index (χ3v) is 8.65. The Balaban J connectivity index is 1.16. The Morgan fingerprint density at radius 1 is 0.976 bits per heavy atom. The summed E-state index contributed by atoms with van der Waals surface area (Å²) in [6.07, 6.45) is 0.836. The summed E-state index contributed by atoms with van der Waals surface area (Å²) in [7, 11) is 0. The zero-order valence-corrected chi connectivity index (χ0v) is 24.2. The molecule has 12 heteroatoms. The number of aromatic hydroxyl groups is 1. The average Bonchev–Trinajstić information content (AvgIpc) is 3.77. The molecule has 3 amide bonds. The first kappa shape index (κ1) is 29.0. The molecule has 3 heterocycles. The molecule has 0 atom stereocenters. The van der Waals surface area contributed by atoms with Crippen molar-refractivity contribution in [2.75, 3.05) is 19.8 Å². The average molecular weight is 605 g/mol. The molecule has 0 bridgehead atoms. The number of aliphatic hydroxyl groups is 1. The van der Waals surface area contributed by atoms with Gasteiger partial charge in [0.1, 0.15) is 11.5 Å². The van der Waals surface area contributed by atoms with Crippen LogP contribution in [-0.4, -0.2) is 53.4 Å². The molecule has 1 aliphatic heterocycles. The van der Waals surface area contributed by atoms with E-state index in [2.05, 4.69) is 21.2 Å². The van der Waals surface area contributed by atoms with Crippen LogP contribution in [0.2, 0.25) is 0 Å². The molecule has 0 radical (unpaired) electrons. The Morgan fingerprint density at radius 2 is 1.74 bits per heavy atom. The minimum atomic E-state index is -0.470. The van der Waals surface area contributed by atoms with Crippen LogP contribution in [-0.2, 0) is 13.0 Å². The van der Waals surface area contributed by atoms with E-state index in [1.807, 2.05) is 18.2 Å². The molecular formula is C30H28N4O6S2. The number of nitrogens with one attached hydrogen (secondary N) is 3. The van der Waals surface area contributed by atoms with Crippen molar-refractivity contribution in [2.45, 2.75) is 19.9 Å². The van der Waals surface area contributed by atoms with Crippen molar-refractivity contribution in [1.82, 2.24) is 16.1 Å². The number of fused-ring (bicyclic) bond motifs is 1. The Kier molecular flexibility index (Phi) is 8.96. The van der Waals surface area contributed by atoms with Gasteiger partial charge in [-0.25, -0.2) is 5.43 Å². The fraction of sp³-hybridized carbons (Fsp3) is 0.200. The second-order valence-electron chi connectivity index (χ2n) is 9.41. The standard InChI is InChI=1S/C30H28N4O6S2/c1-17(22-16-41-27(26(22)36)21-6-7-23-20(14-21)10-13-40-23)33-34-30(39)25-9-8-24(42-25)29(38)32-15-18-2-4-19(5-3-18)28(37)31-11-12-35/h2-9,14,16,35-36H,10-13,15H2,1H3,(H,31,37)(H,32,38)(H,34,39)/b33-17+. The number of rotatable bonds is 10. The van der Waals surface area contributed by atoms with Crippen LogP contribution in [0.15, 0.2) is 65.1 Å². The van der Waals surface area contributed by atoms with Crippen molar-refractivity contribution < 1.29 is 29.3 Å². The maximum atomic E-state index is 12.7. The van der Waals surface area contributed by atoms with Gasteiger partial charge in [0.15, 0.2) is 0 Å². The lowest BCUT2D eigenvalue weighted by Crippen LogP contribution is -2.26. The summed E-state index contributed by atoms with van der Waals surface area (Å²) in [5.41, 5.74) is 6.73. The molecule has 0 saturated heterocycles. The highest BCUT2D eigenvalue weighted by Crippen LogP contribution is 2.40. The van der Waals surface area contributed by atoms with Crippen molar-refractivity contribution in [3.8, 4) is 21.9 Å². The first-order valence-electron chi connectivity index (χ1n) is 13.1. The molecule has 2 aromatic heterocycles. The Hall–Kier alpha value is -4.52. The first-order valence-corrected chi connectivity index (χ1v) is 14.8. The van der Waals surface area contributed by atoms with E-state index in [1.165, 1.54) is 11.3 Å². The minimum Gasteiger partial charge on any atom is -0.506 e. The summed E-state index contributed by atoms with van der Waals surface area (Å²) in [6.45, 7) is 2.64. The van der Waals surface area contributed by atoms with E-state index in [0.717, 1.165) is 40.2 Å². The molecule has 42 heavy (non-hydrogen) atoms. The highest BCUT2D eigenvalue weighted by atomic mass is 32.1. The van der Waals surface area contributed by atoms with Gasteiger partial charge < -0.3 is 25.6 Å². The highest BCUT2D eigenvalue weighted by Gasteiger charge is 2.19. The molecule has 0 spiro atoms. The zero-order valence-electron chi connectivity index (χ0n) is 22.6. The van der Waals surface area contributed by atoms with Crippen molar-refractivity contribution in [1.29, 1.82) is 0 Å². The fourth-order valence-corrected chi connectivity index (χ4v) is 6.10. The van der Waals surface area contributed by atoms with Gasteiger partial charge in [0.05, 0.1) is 39.1 Å². The number of benzene rings is 2. The Labute approximate surface area is 249 Å². The number of aliphatic hydroxyl groups excluding tert-OH is 1. The van der Waals surface area contributed by atoms with Crippen LogP contribution in [0, 0.1) is 0 Å². The van der Waals surface area contributed by atoms with Gasteiger partial charge in [0.25, 0.3) is 17.7 Å². The number of carbonyl (C=O) groups is 3. The first-order chi connectivity index (χ1) is 20.3. The Morgan fingerprint density at radius 3 is 2.50 bits per heavy atom. The normalized spacial score (nSPS) is 12.4. The molecule has 216 valence electrons. The van der Waals surface area contributed by atoms with Crippen LogP contribution in [0.1, 0.15) is 53.3 Å². The lowest BCUT2D eigenvalue weighted by molar-refractivity contribution is 0.0939. The molecule has 0 unspecified atom stereocenters. The van der Waals surface area contributed by atoms with Gasteiger partial charge in [0, 0.05) is 30.5 Å². The largest absolute Gasteiger partial charge is 0.506 e. The second-order valence-corrected chi connectivity index (χ2v) is 11.4. The number of amides is 3. The summed E-state index contributed by atoms with van der Waals surface area (Å²) in [6, 6.07) is 15.7. The number of thiophene rings is 2. The van der Waals surface area contributed by atoms with Gasteiger partial charge >= 0.3 is 0 Å². The van der Waals surface area contributed by atoms with E-state index < -0.39 is 5.91 Å². The number of hydrogen-bond acceptors (Lipinski definition) is 9. The Bertz CT molecular complexity index is 1660. The fourth-order valence-electron chi connectivity index (χ4n) is 4.29. The number of hydrazone groups is 1. The van der Waals surface area contributed by atoms with Crippen molar-refractivity contribution in [2.24, 2.45) is 5.10 Å². The summed E-state index contributed by atoms with van der Waals surface area (Å²) in [4.78, 5) is 38.7. The maximum absolute atomic E-state index is 12.7. The molecule has 1 aliphatic rings. The van der Waals surface area contributed by atoms with Gasteiger partial charge in [-0.05, 0) is 66.1 Å². The van der Waals surface area contributed by atoms with E-state index in [4.69, 9.17) is 9.84 Å². The predicted octanol–water partition coefficient (Wildman–Crippen LogP) is 3.92. The number of hydrogen-bond donors (Lipinski definition) is 5. The lowest BCUT2D eigenvalue weighted by atomic mass is 10.1. The molecule has 10 nitrogen and oxygen atoms in total. The van der Waals surface area contributed by atoms with Gasteiger partial charge in [0.2, 0.25) is 0 Å². The van der Waals surface area contributed by atoms with E-state index in [-0.39, 0.29) is 37.3 Å². The van der Waals surface area contributed by atoms with E-state index >= 15 is 0 Å².